The molecule has 0 aromatic heterocycles. The Morgan fingerprint density at radius 2 is 1.88 bits per heavy atom. The standard InChI is InChI=1S/C15H21NO/c1-3-16(4-2)15(17)14-10-9-12-7-5-6-8-13(12)11-14/h5-8,14H,3-4,9-11H2,1-2H3. The van der Waals surface area contributed by atoms with E-state index in [1.54, 1.807) is 0 Å². The number of fused-ring (bicyclic) bond motifs is 1. The van der Waals surface area contributed by atoms with Gasteiger partial charge in [0.1, 0.15) is 0 Å². The van der Waals surface area contributed by atoms with Gasteiger partial charge in [-0.1, -0.05) is 24.3 Å². The van der Waals surface area contributed by atoms with Crippen LogP contribution >= 0.6 is 0 Å². The van der Waals surface area contributed by atoms with Crippen LogP contribution in [-0.4, -0.2) is 23.9 Å². The molecule has 1 aromatic carbocycles. The lowest BCUT2D eigenvalue weighted by molar-refractivity contribution is -0.135. The molecule has 0 fully saturated rings. The highest BCUT2D eigenvalue weighted by molar-refractivity contribution is 5.79. The Morgan fingerprint density at radius 1 is 1.24 bits per heavy atom. The molecule has 2 nitrogen and oxygen atoms in total. The molecule has 0 N–H and O–H groups in total. The molecular weight excluding hydrogens is 210 g/mol. The number of carbonyl (C=O) groups excluding carboxylic acids is 1. The van der Waals surface area contributed by atoms with Crippen molar-refractivity contribution in [1.82, 2.24) is 4.90 Å². The highest BCUT2D eigenvalue weighted by Gasteiger charge is 2.26. The van der Waals surface area contributed by atoms with Crippen LogP contribution in [0.4, 0.5) is 0 Å². The van der Waals surface area contributed by atoms with Gasteiger partial charge in [-0.15, -0.1) is 0 Å². The van der Waals surface area contributed by atoms with E-state index in [-0.39, 0.29) is 5.92 Å². The van der Waals surface area contributed by atoms with Crippen LogP contribution in [0.5, 0.6) is 0 Å². The number of hydrogen-bond donors (Lipinski definition) is 0. The maximum atomic E-state index is 12.3. The number of rotatable bonds is 3. The second-order valence-electron chi connectivity index (χ2n) is 4.72. The zero-order valence-electron chi connectivity index (χ0n) is 10.8. The van der Waals surface area contributed by atoms with Crippen LogP contribution in [-0.2, 0) is 17.6 Å². The van der Waals surface area contributed by atoms with Crippen molar-refractivity contribution >= 4 is 5.91 Å². The van der Waals surface area contributed by atoms with E-state index in [9.17, 15) is 4.79 Å². The van der Waals surface area contributed by atoms with Crippen molar-refractivity contribution < 1.29 is 4.79 Å². The van der Waals surface area contributed by atoms with Crippen LogP contribution in [0, 0.1) is 5.92 Å². The normalized spacial score (nSPS) is 18.6. The molecule has 1 atom stereocenters. The molecule has 0 bridgehead atoms. The second kappa shape index (κ2) is 5.35. The summed E-state index contributed by atoms with van der Waals surface area (Å²) in [5.41, 5.74) is 2.79. The van der Waals surface area contributed by atoms with Crippen LogP contribution in [0.25, 0.3) is 0 Å². The molecule has 0 radical (unpaired) electrons. The van der Waals surface area contributed by atoms with E-state index in [1.807, 2.05) is 4.90 Å². The molecular formula is C15H21NO. The fraction of sp³-hybridized carbons (Fsp3) is 0.533. The first-order valence-electron chi connectivity index (χ1n) is 6.61. The van der Waals surface area contributed by atoms with Gasteiger partial charge in [0.2, 0.25) is 5.91 Å². The third-order valence-corrected chi connectivity index (χ3v) is 3.77. The van der Waals surface area contributed by atoms with E-state index in [0.717, 1.165) is 32.4 Å². The maximum Gasteiger partial charge on any atom is 0.226 e. The summed E-state index contributed by atoms with van der Waals surface area (Å²) in [5, 5.41) is 0. The van der Waals surface area contributed by atoms with Gasteiger partial charge < -0.3 is 4.90 Å². The summed E-state index contributed by atoms with van der Waals surface area (Å²) < 4.78 is 0. The van der Waals surface area contributed by atoms with Gasteiger partial charge in [-0.25, -0.2) is 0 Å². The van der Waals surface area contributed by atoms with Gasteiger partial charge in [0.05, 0.1) is 0 Å². The third-order valence-electron chi connectivity index (χ3n) is 3.77. The van der Waals surface area contributed by atoms with Crippen molar-refractivity contribution in [3.8, 4) is 0 Å². The van der Waals surface area contributed by atoms with Gasteiger partial charge in [-0.05, 0) is 44.2 Å². The molecule has 92 valence electrons. The van der Waals surface area contributed by atoms with E-state index < -0.39 is 0 Å². The number of hydrogen-bond acceptors (Lipinski definition) is 1. The fourth-order valence-electron chi connectivity index (χ4n) is 2.70. The molecule has 0 heterocycles. The minimum atomic E-state index is 0.199. The molecule has 17 heavy (non-hydrogen) atoms. The minimum Gasteiger partial charge on any atom is -0.343 e. The van der Waals surface area contributed by atoms with E-state index in [1.165, 1.54) is 11.1 Å². The molecule has 0 spiro atoms. The van der Waals surface area contributed by atoms with Crippen molar-refractivity contribution in [3.05, 3.63) is 35.4 Å². The van der Waals surface area contributed by atoms with E-state index in [4.69, 9.17) is 0 Å². The maximum absolute atomic E-state index is 12.3. The predicted octanol–water partition coefficient (Wildman–Crippen LogP) is 2.66. The summed E-state index contributed by atoms with van der Waals surface area (Å²) in [7, 11) is 0. The van der Waals surface area contributed by atoms with E-state index >= 15 is 0 Å². The molecule has 1 unspecified atom stereocenters. The summed E-state index contributed by atoms with van der Waals surface area (Å²) in [6, 6.07) is 8.51. The lowest BCUT2D eigenvalue weighted by Gasteiger charge is -2.28. The van der Waals surface area contributed by atoms with Crippen LogP contribution in [0.2, 0.25) is 0 Å². The Labute approximate surface area is 104 Å². The highest BCUT2D eigenvalue weighted by atomic mass is 16.2. The molecule has 2 heteroatoms. The lowest BCUT2D eigenvalue weighted by Crippen LogP contribution is -2.38. The van der Waals surface area contributed by atoms with Crippen molar-refractivity contribution in [2.24, 2.45) is 5.92 Å². The molecule has 1 aliphatic carbocycles. The average molecular weight is 231 g/mol. The first kappa shape index (κ1) is 12.2. The zero-order valence-corrected chi connectivity index (χ0v) is 10.8. The first-order valence-corrected chi connectivity index (χ1v) is 6.61. The van der Waals surface area contributed by atoms with Crippen molar-refractivity contribution in [3.63, 3.8) is 0 Å². The molecule has 2 rings (SSSR count). The summed E-state index contributed by atoms with van der Waals surface area (Å²) in [4.78, 5) is 14.3. The van der Waals surface area contributed by atoms with Crippen molar-refractivity contribution in [2.45, 2.75) is 33.1 Å². The fourth-order valence-corrected chi connectivity index (χ4v) is 2.70. The first-order chi connectivity index (χ1) is 8.26. The van der Waals surface area contributed by atoms with Gasteiger partial charge in [-0.2, -0.15) is 0 Å². The predicted molar refractivity (Wildman–Crippen MR) is 69.9 cm³/mol. The van der Waals surface area contributed by atoms with E-state index in [2.05, 4.69) is 38.1 Å². The Bertz CT molecular complexity index is 396. The smallest absolute Gasteiger partial charge is 0.226 e. The Hall–Kier alpha value is -1.31. The Kier molecular flexibility index (Phi) is 3.82. The third kappa shape index (κ3) is 2.51. The quantitative estimate of drug-likeness (QED) is 0.783. The Morgan fingerprint density at radius 3 is 2.53 bits per heavy atom. The van der Waals surface area contributed by atoms with Crippen LogP contribution in [0.15, 0.2) is 24.3 Å². The van der Waals surface area contributed by atoms with Crippen LogP contribution in [0.3, 0.4) is 0 Å². The monoisotopic (exact) mass is 231 g/mol. The molecule has 1 aromatic rings. The molecule has 1 amide bonds. The molecule has 0 saturated heterocycles. The van der Waals surface area contributed by atoms with Crippen molar-refractivity contribution in [2.75, 3.05) is 13.1 Å². The van der Waals surface area contributed by atoms with Crippen LogP contribution in [0.1, 0.15) is 31.4 Å². The van der Waals surface area contributed by atoms with Crippen molar-refractivity contribution in [1.29, 1.82) is 0 Å². The SMILES string of the molecule is CCN(CC)C(=O)C1CCc2ccccc2C1. The summed E-state index contributed by atoms with van der Waals surface area (Å²) in [5.74, 6) is 0.536. The Balaban J connectivity index is 2.09. The summed E-state index contributed by atoms with van der Waals surface area (Å²) in [6.45, 7) is 5.76. The van der Waals surface area contributed by atoms with Gasteiger partial charge in [0.25, 0.3) is 0 Å². The van der Waals surface area contributed by atoms with E-state index in [0.29, 0.717) is 5.91 Å². The average Bonchev–Trinajstić information content (AvgIpc) is 2.39. The minimum absolute atomic E-state index is 0.199. The second-order valence-corrected chi connectivity index (χ2v) is 4.72. The number of amides is 1. The summed E-state index contributed by atoms with van der Waals surface area (Å²) >= 11 is 0. The molecule has 0 aliphatic heterocycles. The van der Waals surface area contributed by atoms with Gasteiger partial charge >= 0.3 is 0 Å². The topological polar surface area (TPSA) is 20.3 Å². The molecule has 0 saturated carbocycles. The van der Waals surface area contributed by atoms with Gasteiger partial charge in [0, 0.05) is 19.0 Å². The number of nitrogens with zero attached hydrogens (tertiary/aromatic N) is 1. The largest absolute Gasteiger partial charge is 0.343 e. The zero-order chi connectivity index (χ0) is 12.3. The number of benzene rings is 1. The van der Waals surface area contributed by atoms with Crippen LogP contribution < -0.4 is 0 Å². The summed E-state index contributed by atoms with van der Waals surface area (Å²) in [6.07, 6.45) is 2.98. The van der Waals surface area contributed by atoms with Gasteiger partial charge in [-0.3, -0.25) is 4.79 Å². The number of aryl methyl sites for hydroxylation is 1. The lowest BCUT2D eigenvalue weighted by atomic mass is 9.83. The molecule has 1 aliphatic rings. The number of carbonyl (C=O) groups is 1. The van der Waals surface area contributed by atoms with Gasteiger partial charge in [0.15, 0.2) is 0 Å². The highest BCUT2D eigenvalue weighted by Crippen LogP contribution is 2.26.